The lowest BCUT2D eigenvalue weighted by molar-refractivity contribution is -0.479. The average Bonchev–Trinajstić information content (AvgIpc) is 3.16. The van der Waals surface area contributed by atoms with E-state index in [-0.39, 0.29) is 11.5 Å². The molecule has 0 saturated heterocycles. The Morgan fingerprint density at radius 3 is 2.35 bits per heavy atom. The highest BCUT2D eigenvalue weighted by Crippen LogP contribution is 2.43. The number of aromatic nitrogens is 3. The average molecular weight is 551 g/mol. The first kappa shape index (κ1) is 25.8. The van der Waals surface area contributed by atoms with Crippen molar-refractivity contribution in [2.24, 2.45) is 0 Å². The predicted octanol–water partition coefficient (Wildman–Crippen LogP) is 5.64. The third-order valence-electron chi connectivity index (χ3n) is 4.76. The molecule has 1 atom stereocenters. The SMILES string of the molecule is CCOc1ccc(-n2c(C)nnc2S[C@H](C[N+](=O)[O-])c2cc(Br)c(OCC)c(OCC)c2)cc1. The van der Waals surface area contributed by atoms with Crippen LogP contribution in [0, 0.1) is 17.0 Å². The fourth-order valence-corrected chi connectivity index (χ4v) is 5.10. The van der Waals surface area contributed by atoms with Crippen LogP contribution in [-0.2, 0) is 0 Å². The van der Waals surface area contributed by atoms with E-state index in [1.165, 1.54) is 11.8 Å². The Hall–Kier alpha value is -2.79. The summed E-state index contributed by atoms with van der Waals surface area (Å²) in [7, 11) is 0. The number of ether oxygens (including phenoxy) is 3. The molecule has 3 aromatic rings. The first-order chi connectivity index (χ1) is 16.4. The minimum absolute atomic E-state index is 0.300. The summed E-state index contributed by atoms with van der Waals surface area (Å²) in [6.07, 6.45) is 0. The molecule has 9 nitrogen and oxygen atoms in total. The number of hydrogen-bond donors (Lipinski definition) is 0. The minimum atomic E-state index is -0.536. The maximum atomic E-state index is 11.6. The lowest BCUT2D eigenvalue weighted by atomic mass is 10.1. The Labute approximate surface area is 211 Å². The third kappa shape index (κ3) is 6.20. The number of halogens is 1. The van der Waals surface area contributed by atoms with Crippen LogP contribution in [0.15, 0.2) is 46.0 Å². The van der Waals surface area contributed by atoms with Crippen LogP contribution in [0.2, 0.25) is 0 Å². The van der Waals surface area contributed by atoms with E-state index in [0.29, 0.717) is 46.8 Å². The standard InChI is InChI=1S/C23H27BrN4O5S/c1-5-31-18-10-8-17(9-11-18)28-15(4)25-26-23(28)34-21(14-27(29)30)16-12-19(24)22(33-7-3)20(13-16)32-6-2/h8-13,21H,5-7,14H2,1-4H3/t21-/m1/s1. The van der Waals surface area contributed by atoms with E-state index in [1.54, 1.807) is 6.07 Å². The van der Waals surface area contributed by atoms with Gasteiger partial charge in [0.15, 0.2) is 16.7 Å². The highest BCUT2D eigenvalue weighted by atomic mass is 79.9. The molecule has 0 unspecified atom stereocenters. The van der Waals surface area contributed by atoms with Crippen molar-refractivity contribution in [3.8, 4) is 22.9 Å². The molecule has 0 aliphatic rings. The van der Waals surface area contributed by atoms with Gasteiger partial charge in [0.05, 0.1) is 24.3 Å². The van der Waals surface area contributed by atoms with Gasteiger partial charge in [-0.15, -0.1) is 10.2 Å². The monoisotopic (exact) mass is 550 g/mol. The van der Waals surface area contributed by atoms with Crippen LogP contribution >= 0.6 is 27.7 Å². The predicted molar refractivity (Wildman–Crippen MR) is 134 cm³/mol. The Morgan fingerprint density at radius 2 is 1.74 bits per heavy atom. The first-order valence-electron chi connectivity index (χ1n) is 10.9. The van der Waals surface area contributed by atoms with Crippen LogP contribution in [0.25, 0.3) is 5.69 Å². The molecule has 3 rings (SSSR count). The Bertz CT molecular complexity index is 1120. The third-order valence-corrected chi connectivity index (χ3v) is 6.53. The molecule has 0 saturated carbocycles. The van der Waals surface area contributed by atoms with Crippen LogP contribution in [0.5, 0.6) is 17.2 Å². The zero-order chi connectivity index (χ0) is 24.7. The smallest absolute Gasteiger partial charge is 0.220 e. The normalized spacial score (nSPS) is 11.8. The summed E-state index contributed by atoms with van der Waals surface area (Å²) in [5, 5.41) is 20.1. The van der Waals surface area contributed by atoms with E-state index in [9.17, 15) is 10.1 Å². The summed E-state index contributed by atoms with van der Waals surface area (Å²) in [4.78, 5) is 11.2. The van der Waals surface area contributed by atoms with Crippen LogP contribution in [0.1, 0.15) is 37.4 Å². The zero-order valence-electron chi connectivity index (χ0n) is 19.5. The van der Waals surface area contributed by atoms with Gasteiger partial charge in [0.1, 0.15) is 16.8 Å². The van der Waals surface area contributed by atoms with Gasteiger partial charge >= 0.3 is 0 Å². The van der Waals surface area contributed by atoms with E-state index >= 15 is 0 Å². The van der Waals surface area contributed by atoms with Gasteiger partial charge in [0.25, 0.3) is 0 Å². The fraction of sp³-hybridized carbons (Fsp3) is 0.391. The van der Waals surface area contributed by atoms with Gasteiger partial charge in [-0.05, 0) is 85.6 Å². The van der Waals surface area contributed by atoms with Crippen molar-refractivity contribution in [2.45, 2.75) is 38.1 Å². The summed E-state index contributed by atoms with van der Waals surface area (Å²) >= 11 is 4.82. The number of nitrogens with zero attached hydrogens (tertiary/aromatic N) is 4. The van der Waals surface area contributed by atoms with Crippen LogP contribution in [0.4, 0.5) is 0 Å². The molecule has 1 heterocycles. The van der Waals surface area contributed by atoms with Crippen molar-refractivity contribution < 1.29 is 19.1 Å². The molecule has 0 bridgehead atoms. The number of aryl methyl sites for hydroxylation is 1. The summed E-state index contributed by atoms with van der Waals surface area (Å²) in [6.45, 7) is 8.72. The van der Waals surface area contributed by atoms with Gasteiger partial charge in [-0.1, -0.05) is 11.8 Å². The van der Waals surface area contributed by atoms with Crippen LogP contribution in [0.3, 0.4) is 0 Å². The summed E-state index contributed by atoms with van der Waals surface area (Å²) in [5.41, 5.74) is 1.57. The van der Waals surface area contributed by atoms with Gasteiger partial charge < -0.3 is 14.2 Å². The van der Waals surface area contributed by atoms with Gasteiger partial charge in [-0.25, -0.2) is 0 Å². The first-order valence-corrected chi connectivity index (χ1v) is 12.6. The number of benzene rings is 2. The van der Waals surface area contributed by atoms with Crippen molar-refractivity contribution in [2.75, 3.05) is 26.4 Å². The number of rotatable bonds is 12. The molecule has 0 radical (unpaired) electrons. The minimum Gasteiger partial charge on any atom is -0.494 e. The van der Waals surface area contributed by atoms with Gasteiger partial charge in [0, 0.05) is 10.6 Å². The highest BCUT2D eigenvalue weighted by molar-refractivity contribution is 9.10. The number of nitro groups is 1. The number of thioether (sulfide) groups is 1. The summed E-state index contributed by atoms with van der Waals surface area (Å²) < 4.78 is 19.6. The largest absolute Gasteiger partial charge is 0.494 e. The quantitative estimate of drug-likeness (QED) is 0.162. The molecule has 0 aliphatic heterocycles. The second-order valence-corrected chi connectivity index (χ2v) is 9.13. The van der Waals surface area contributed by atoms with Crippen molar-refractivity contribution in [1.82, 2.24) is 14.8 Å². The topological polar surface area (TPSA) is 102 Å². The molecule has 0 spiro atoms. The van der Waals surface area contributed by atoms with E-state index < -0.39 is 5.25 Å². The molecular formula is C23H27BrN4O5S. The molecule has 0 N–H and O–H groups in total. The maximum absolute atomic E-state index is 11.6. The van der Waals surface area contributed by atoms with Gasteiger partial charge in [0.2, 0.25) is 6.54 Å². The maximum Gasteiger partial charge on any atom is 0.220 e. The summed E-state index contributed by atoms with van der Waals surface area (Å²) in [5.74, 6) is 2.55. The molecule has 34 heavy (non-hydrogen) atoms. The Balaban J connectivity index is 1.99. The van der Waals surface area contributed by atoms with E-state index in [0.717, 1.165) is 17.0 Å². The molecule has 11 heteroatoms. The van der Waals surface area contributed by atoms with Crippen LogP contribution < -0.4 is 14.2 Å². The second-order valence-electron chi connectivity index (χ2n) is 7.11. The molecular weight excluding hydrogens is 524 g/mol. The molecule has 0 aliphatic carbocycles. The lowest BCUT2D eigenvalue weighted by Crippen LogP contribution is -2.12. The molecule has 182 valence electrons. The fourth-order valence-electron chi connectivity index (χ4n) is 3.37. The van der Waals surface area contributed by atoms with E-state index in [2.05, 4.69) is 26.1 Å². The highest BCUT2D eigenvalue weighted by Gasteiger charge is 2.26. The van der Waals surface area contributed by atoms with E-state index in [1.807, 2.05) is 62.6 Å². The summed E-state index contributed by atoms with van der Waals surface area (Å²) in [6, 6.07) is 11.2. The van der Waals surface area contributed by atoms with Crippen molar-refractivity contribution in [3.63, 3.8) is 0 Å². The Morgan fingerprint density at radius 1 is 1.06 bits per heavy atom. The molecule has 0 amide bonds. The van der Waals surface area contributed by atoms with E-state index in [4.69, 9.17) is 14.2 Å². The molecule has 1 aromatic heterocycles. The second kappa shape index (κ2) is 12.1. The van der Waals surface area contributed by atoms with Gasteiger partial charge in [-0.2, -0.15) is 0 Å². The van der Waals surface area contributed by atoms with Crippen molar-refractivity contribution in [3.05, 3.63) is 62.4 Å². The van der Waals surface area contributed by atoms with Crippen molar-refractivity contribution >= 4 is 27.7 Å². The zero-order valence-corrected chi connectivity index (χ0v) is 21.9. The number of hydrogen-bond acceptors (Lipinski definition) is 8. The van der Waals surface area contributed by atoms with Crippen molar-refractivity contribution in [1.29, 1.82) is 0 Å². The van der Waals surface area contributed by atoms with Gasteiger partial charge in [-0.3, -0.25) is 14.7 Å². The molecule has 0 fully saturated rings. The Kier molecular flexibility index (Phi) is 9.17. The van der Waals surface area contributed by atoms with Crippen LogP contribution in [-0.4, -0.2) is 46.1 Å². The lowest BCUT2D eigenvalue weighted by Gasteiger charge is -2.18. The molecule has 2 aromatic carbocycles.